The highest BCUT2D eigenvalue weighted by Gasteiger charge is 2.15. The van der Waals surface area contributed by atoms with Crippen molar-refractivity contribution in [2.24, 2.45) is 0 Å². The number of aliphatic hydroxyl groups excluding tert-OH is 1. The van der Waals surface area contributed by atoms with Gasteiger partial charge in [0, 0.05) is 51.8 Å². The maximum Gasteiger partial charge on any atom is 0.129 e. The second-order valence-corrected chi connectivity index (χ2v) is 7.59. The van der Waals surface area contributed by atoms with E-state index in [2.05, 4.69) is 15.5 Å². The molecule has 0 bridgehead atoms. The molecular formula is C24H31FN2O4. The van der Waals surface area contributed by atoms with E-state index in [0.717, 1.165) is 30.0 Å². The molecule has 0 aliphatic rings. The molecule has 0 spiro atoms. The first-order valence-electron chi connectivity index (χ1n) is 10.5. The molecule has 0 saturated heterocycles. The Hall–Kier alpha value is -2.45. The minimum atomic E-state index is -0.621. The summed E-state index contributed by atoms with van der Waals surface area (Å²) in [5.41, 5.74) is 2.01. The normalized spacial score (nSPS) is 12.5. The smallest absolute Gasteiger partial charge is 0.129 e. The Morgan fingerprint density at radius 2 is 2.10 bits per heavy atom. The number of nitrogens with zero attached hydrogens (tertiary/aromatic N) is 2. The molecule has 1 N–H and O–H groups in total. The highest BCUT2D eigenvalue weighted by molar-refractivity contribution is 5.19. The lowest BCUT2D eigenvalue weighted by molar-refractivity contribution is 0.00251. The Bertz CT molecular complexity index is 881. The summed E-state index contributed by atoms with van der Waals surface area (Å²) in [6.07, 6.45) is 3.84. The van der Waals surface area contributed by atoms with Crippen molar-refractivity contribution in [1.82, 2.24) is 9.47 Å². The van der Waals surface area contributed by atoms with Crippen molar-refractivity contribution in [3.63, 3.8) is 0 Å². The molecular weight excluding hydrogens is 399 g/mol. The topological polar surface area (TPSA) is 60.0 Å². The van der Waals surface area contributed by atoms with Gasteiger partial charge in [-0.05, 0) is 48.4 Å². The number of rotatable bonds is 14. The van der Waals surface area contributed by atoms with E-state index in [1.165, 1.54) is 6.07 Å². The Labute approximate surface area is 182 Å². The standard InChI is InChI=1S/C24H31FN2O4/c1-29-12-5-10-26(17-23(28)18-30-19-24-9-4-13-31-24)16-22-8-3-11-27(22)15-20-6-2-7-21(25)14-20/h2-4,6-9,11,13-14,23,28H,5,10,12,15-19H2,1H3. The molecule has 7 heteroatoms. The third-order valence-electron chi connectivity index (χ3n) is 4.98. The predicted octanol–water partition coefficient (Wildman–Crippen LogP) is 3.68. The van der Waals surface area contributed by atoms with Crippen LogP contribution < -0.4 is 0 Å². The first-order valence-corrected chi connectivity index (χ1v) is 10.5. The number of aromatic nitrogens is 1. The number of furan rings is 1. The van der Waals surface area contributed by atoms with Gasteiger partial charge in [-0.1, -0.05) is 12.1 Å². The second kappa shape index (κ2) is 12.4. The highest BCUT2D eigenvalue weighted by atomic mass is 19.1. The molecule has 2 aromatic heterocycles. The van der Waals surface area contributed by atoms with E-state index in [4.69, 9.17) is 13.9 Å². The van der Waals surface area contributed by atoms with Crippen LogP contribution in [-0.4, -0.2) is 54.1 Å². The lowest BCUT2D eigenvalue weighted by atomic mass is 10.2. The van der Waals surface area contributed by atoms with Gasteiger partial charge >= 0.3 is 0 Å². The molecule has 1 atom stereocenters. The molecule has 0 aliphatic heterocycles. The first-order chi connectivity index (χ1) is 15.1. The van der Waals surface area contributed by atoms with E-state index < -0.39 is 6.10 Å². The minimum absolute atomic E-state index is 0.228. The minimum Gasteiger partial charge on any atom is -0.467 e. The second-order valence-electron chi connectivity index (χ2n) is 7.59. The molecule has 0 aliphatic carbocycles. The molecule has 0 radical (unpaired) electrons. The summed E-state index contributed by atoms with van der Waals surface area (Å²) in [7, 11) is 1.69. The van der Waals surface area contributed by atoms with Gasteiger partial charge in [-0.25, -0.2) is 4.39 Å². The van der Waals surface area contributed by atoms with Crippen LogP contribution in [0, 0.1) is 5.82 Å². The monoisotopic (exact) mass is 430 g/mol. The summed E-state index contributed by atoms with van der Waals surface area (Å²) < 4.78 is 31.7. The van der Waals surface area contributed by atoms with E-state index in [-0.39, 0.29) is 12.4 Å². The van der Waals surface area contributed by atoms with Crippen LogP contribution in [0.2, 0.25) is 0 Å². The van der Waals surface area contributed by atoms with Crippen molar-refractivity contribution in [3.8, 4) is 0 Å². The summed E-state index contributed by atoms with van der Waals surface area (Å²) in [6, 6.07) is 14.4. The summed E-state index contributed by atoms with van der Waals surface area (Å²) in [5.74, 6) is 0.504. The number of hydrogen-bond donors (Lipinski definition) is 1. The molecule has 0 saturated carbocycles. The van der Waals surface area contributed by atoms with E-state index in [1.807, 2.05) is 30.5 Å². The fourth-order valence-corrected chi connectivity index (χ4v) is 3.52. The fraction of sp³-hybridized carbons (Fsp3) is 0.417. The lowest BCUT2D eigenvalue weighted by Crippen LogP contribution is -2.36. The Morgan fingerprint density at radius 1 is 1.19 bits per heavy atom. The number of methoxy groups -OCH3 is 1. The lowest BCUT2D eigenvalue weighted by Gasteiger charge is -2.25. The van der Waals surface area contributed by atoms with Crippen LogP contribution in [0.3, 0.4) is 0 Å². The van der Waals surface area contributed by atoms with Crippen molar-refractivity contribution in [1.29, 1.82) is 0 Å². The Balaban J connectivity index is 1.56. The third kappa shape index (κ3) is 7.95. The summed E-state index contributed by atoms with van der Waals surface area (Å²) >= 11 is 0. The van der Waals surface area contributed by atoms with Crippen LogP contribution in [0.4, 0.5) is 4.39 Å². The van der Waals surface area contributed by atoms with E-state index in [9.17, 15) is 9.50 Å². The van der Waals surface area contributed by atoms with Gasteiger partial charge in [0.1, 0.15) is 18.2 Å². The number of benzene rings is 1. The number of ether oxygens (including phenoxy) is 2. The molecule has 3 aromatic rings. The average molecular weight is 431 g/mol. The van der Waals surface area contributed by atoms with E-state index >= 15 is 0 Å². The van der Waals surface area contributed by atoms with Crippen LogP contribution >= 0.6 is 0 Å². The largest absolute Gasteiger partial charge is 0.467 e. The average Bonchev–Trinajstić information content (AvgIpc) is 3.41. The third-order valence-corrected chi connectivity index (χ3v) is 4.98. The van der Waals surface area contributed by atoms with Gasteiger partial charge in [-0.2, -0.15) is 0 Å². The SMILES string of the molecule is COCCCN(Cc1cccn1Cc1cccc(F)c1)CC(O)COCc1ccco1. The first kappa shape index (κ1) is 23.2. The van der Waals surface area contributed by atoms with Crippen molar-refractivity contribution in [2.75, 3.05) is 33.4 Å². The van der Waals surface area contributed by atoms with E-state index in [1.54, 1.807) is 25.5 Å². The van der Waals surface area contributed by atoms with Gasteiger partial charge in [0.15, 0.2) is 0 Å². The molecule has 1 aromatic carbocycles. The predicted molar refractivity (Wildman–Crippen MR) is 116 cm³/mol. The molecule has 168 valence electrons. The molecule has 1 unspecified atom stereocenters. The van der Waals surface area contributed by atoms with Gasteiger partial charge in [0.2, 0.25) is 0 Å². The summed E-state index contributed by atoms with van der Waals surface area (Å²) in [4.78, 5) is 2.19. The van der Waals surface area contributed by atoms with Crippen molar-refractivity contribution in [2.45, 2.75) is 32.2 Å². The summed E-state index contributed by atoms with van der Waals surface area (Å²) in [6.45, 7) is 3.76. The number of aliphatic hydroxyl groups is 1. The van der Waals surface area contributed by atoms with Gasteiger partial charge in [-0.3, -0.25) is 4.90 Å². The number of hydrogen-bond acceptors (Lipinski definition) is 5. The van der Waals surface area contributed by atoms with Gasteiger partial charge in [-0.15, -0.1) is 0 Å². The number of halogens is 1. The Morgan fingerprint density at radius 3 is 2.87 bits per heavy atom. The maximum atomic E-state index is 13.5. The van der Waals surface area contributed by atoms with Gasteiger partial charge < -0.3 is 23.6 Å². The van der Waals surface area contributed by atoms with Crippen molar-refractivity contribution in [3.05, 3.63) is 83.8 Å². The van der Waals surface area contributed by atoms with Crippen LogP contribution in [0.15, 0.2) is 65.4 Å². The zero-order chi connectivity index (χ0) is 21.9. The quantitative estimate of drug-likeness (QED) is 0.396. The Kier molecular flexibility index (Phi) is 9.30. The van der Waals surface area contributed by atoms with Crippen molar-refractivity contribution < 1.29 is 23.4 Å². The zero-order valence-corrected chi connectivity index (χ0v) is 18.0. The van der Waals surface area contributed by atoms with Crippen LogP contribution in [0.1, 0.15) is 23.4 Å². The zero-order valence-electron chi connectivity index (χ0n) is 18.0. The van der Waals surface area contributed by atoms with Crippen molar-refractivity contribution >= 4 is 0 Å². The molecule has 3 rings (SSSR count). The molecule has 2 heterocycles. The highest BCUT2D eigenvalue weighted by Crippen LogP contribution is 2.13. The maximum absolute atomic E-state index is 13.5. The van der Waals surface area contributed by atoms with Crippen LogP contribution in [0.25, 0.3) is 0 Å². The van der Waals surface area contributed by atoms with Crippen LogP contribution in [-0.2, 0) is 29.2 Å². The van der Waals surface area contributed by atoms with E-state index in [0.29, 0.717) is 32.8 Å². The van der Waals surface area contributed by atoms with Gasteiger partial charge in [0.05, 0.1) is 19.0 Å². The molecule has 6 nitrogen and oxygen atoms in total. The van der Waals surface area contributed by atoms with Crippen LogP contribution in [0.5, 0.6) is 0 Å². The molecule has 0 fully saturated rings. The summed E-state index contributed by atoms with van der Waals surface area (Å²) in [5, 5.41) is 10.5. The molecule has 0 amide bonds. The fourth-order valence-electron chi connectivity index (χ4n) is 3.52. The molecule has 31 heavy (non-hydrogen) atoms. The van der Waals surface area contributed by atoms with Gasteiger partial charge in [0.25, 0.3) is 0 Å².